The molecule has 0 radical (unpaired) electrons. The number of hydrogen-bond acceptors (Lipinski definition) is 3. The fourth-order valence-electron chi connectivity index (χ4n) is 1.70. The van der Waals surface area contributed by atoms with Crippen molar-refractivity contribution in [1.29, 1.82) is 5.26 Å². The quantitative estimate of drug-likeness (QED) is 0.861. The van der Waals surface area contributed by atoms with E-state index < -0.39 is 16.6 Å². The number of halogens is 2. The van der Waals surface area contributed by atoms with Crippen LogP contribution in [0.2, 0.25) is 0 Å². The summed E-state index contributed by atoms with van der Waals surface area (Å²) in [5.74, 6) is -0.654. The predicted octanol–water partition coefficient (Wildman–Crippen LogP) is 3.35. The van der Waals surface area contributed by atoms with Crippen molar-refractivity contribution in [3.8, 4) is 6.07 Å². The number of hydrogen-bond donors (Lipinski definition) is 1. The van der Waals surface area contributed by atoms with Gasteiger partial charge in [0.15, 0.2) is 0 Å². The van der Waals surface area contributed by atoms with E-state index in [9.17, 15) is 8.60 Å². The van der Waals surface area contributed by atoms with Crippen molar-refractivity contribution in [2.45, 2.75) is 10.6 Å². The molecule has 1 atom stereocenters. The Morgan fingerprint density at radius 3 is 2.80 bits per heavy atom. The summed E-state index contributed by atoms with van der Waals surface area (Å²) in [6.45, 7) is 0. The first-order valence-electron chi connectivity index (χ1n) is 5.64. The van der Waals surface area contributed by atoms with Gasteiger partial charge in [-0.15, -0.1) is 0 Å². The molecule has 102 valence electrons. The molecule has 0 aliphatic heterocycles. The molecular weight excluding hydrogens is 343 g/mol. The third kappa shape index (κ3) is 3.06. The highest BCUT2D eigenvalue weighted by Gasteiger charge is 2.14. The molecule has 2 aromatic carbocycles. The molecular formula is C14H10BrFN2OS. The lowest BCUT2D eigenvalue weighted by Gasteiger charge is -2.08. The van der Waals surface area contributed by atoms with E-state index in [0.29, 0.717) is 10.6 Å². The van der Waals surface area contributed by atoms with Crippen LogP contribution in [0.3, 0.4) is 0 Å². The fraction of sp³-hybridized carbons (Fsp3) is 0.0714. The Kier molecular flexibility index (Phi) is 4.53. The number of nitrogens with zero attached hydrogens (tertiary/aromatic N) is 1. The molecule has 6 heteroatoms. The van der Waals surface area contributed by atoms with Crippen LogP contribution in [-0.2, 0) is 16.6 Å². The molecule has 0 aliphatic carbocycles. The monoisotopic (exact) mass is 352 g/mol. The molecule has 0 saturated carbocycles. The van der Waals surface area contributed by atoms with Crippen LogP contribution in [0.1, 0.15) is 11.1 Å². The third-order valence-electron chi connectivity index (χ3n) is 2.71. The van der Waals surface area contributed by atoms with Gasteiger partial charge in [-0.05, 0) is 24.3 Å². The smallest absolute Gasteiger partial charge is 0.145 e. The maximum Gasteiger partial charge on any atom is 0.145 e. The summed E-state index contributed by atoms with van der Waals surface area (Å²) in [5.41, 5.74) is 6.35. The van der Waals surface area contributed by atoms with Gasteiger partial charge in [0.25, 0.3) is 0 Å². The molecule has 1 unspecified atom stereocenters. The molecule has 0 aliphatic rings. The third-order valence-corrected chi connectivity index (χ3v) is 4.62. The number of anilines is 1. The van der Waals surface area contributed by atoms with Crippen LogP contribution in [0.5, 0.6) is 0 Å². The van der Waals surface area contributed by atoms with Crippen molar-refractivity contribution in [3.05, 3.63) is 57.8 Å². The summed E-state index contributed by atoms with van der Waals surface area (Å²) in [5, 5.41) is 8.78. The first-order valence-corrected chi connectivity index (χ1v) is 7.75. The Morgan fingerprint density at radius 2 is 2.10 bits per heavy atom. The van der Waals surface area contributed by atoms with Crippen LogP contribution in [0.25, 0.3) is 0 Å². The zero-order valence-corrected chi connectivity index (χ0v) is 12.7. The summed E-state index contributed by atoms with van der Waals surface area (Å²) in [6, 6.07) is 11.3. The molecule has 0 amide bonds. The van der Waals surface area contributed by atoms with Gasteiger partial charge in [-0.1, -0.05) is 28.1 Å². The Morgan fingerprint density at radius 1 is 1.35 bits per heavy atom. The molecule has 0 fully saturated rings. The van der Waals surface area contributed by atoms with Gasteiger partial charge in [0.2, 0.25) is 0 Å². The van der Waals surface area contributed by atoms with Gasteiger partial charge in [-0.3, -0.25) is 4.21 Å². The van der Waals surface area contributed by atoms with E-state index in [1.54, 1.807) is 30.3 Å². The molecule has 0 heterocycles. The molecule has 2 aromatic rings. The van der Waals surface area contributed by atoms with E-state index in [1.807, 2.05) is 0 Å². The molecule has 0 saturated heterocycles. The number of benzene rings is 2. The van der Waals surface area contributed by atoms with Crippen LogP contribution < -0.4 is 5.73 Å². The first kappa shape index (κ1) is 14.7. The van der Waals surface area contributed by atoms with Crippen LogP contribution in [-0.4, -0.2) is 4.21 Å². The van der Waals surface area contributed by atoms with Gasteiger partial charge < -0.3 is 5.73 Å². The van der Waals surface area contributed by atoms with Gasteiger partial charge in [0.05, 0.1) is 27.0 Å². The molecule has 20 heavy (non-hydrogen) atoms. The second-order valence-corrected chi connectivity index (χ2v) is 6.40. The fourth-order valence-corrected chi connectivity index (χ4v) is 3.46. The largest absolute Gasteiger partial charge is 0.398 e. The summed E-state index contributed by atoms with van der Waals surface area (Å²) >= 11 is 3.28. The van der Waals surface area contributed by atoms with E-state index in [0.717, 1.165) is 4.47 Å². The standard InChI is InChI=1S/C14H10BrFN2OS/c15-11-4-5-12(18)13(6-11)20(19)8-10-3-1-2-9(7-17)14(10)16/h1-6H,8,18H2. The first-order chi connectivity index (χ1) is 9.52. The van der Waals surface area contributed by atoms with Crippen LogP contribution in [0.15, 0.2) is 45.8 Å². The molecule has 0 bridgehead atoms. The second-order valence-electron chi connectivity index (χ2n) is 4.06. The number of nitrogens with two attached hydrogens (primary N) is 1. The molecule has 2 N–H and O–H groups in total. The van der Waals surface area contributed by atoms with Crippen molar-refractivity contribution in [2.24, 2.45) is 0 Å². The minimum Gasteiger partial charge on any atom is -0.398 e. The summed E-state index contributed by atoms with van der Waals surface area (Å²) in [6.07, 6.45) is 0. The Bertz CT molecular complexity index is 728. The molecule has 0 aromatic heterocycles. The van der Waals surface area contributed by atoms with E-state index >= 15 is 0 Å². The molecule has 0 spiro atoms. The van der Waals surface area contributed by atoms with Crippen LogP contribution >= 0.6 is 15.9 Å². The van der Waals surface area contributed by atoms with Gasteiger partial charge in [0.1, 0.15) is 11.9 Å². The van der Waals surface area contributed by atoms with Gasteiger partial charge in [-0.2, -0.15) is 5.26 Å². The Hall–Kier alpha value is -1.71. The van der Waals surface area contributed by atoms with Crippen LogP contribution in [0, 0.1) is 17.1 Å². The lowest BCUT2D eigenvalue weighted by Crippen LogP contribution is -2.03. The highest BCUT2D eigenvalue weighted by Crippen LogP contribution is 2.24. The summed E-state index contributed by atoms with van der Waals surface area (Å²) in [4.78, 5) is 0.445. The predicted molar refractivity (Wildman–Crippen MR) is 79.8 cm³/mol. The van der Waals surface area contributed by atoms with E-state index in [1.165, 1.54) is 12.1 Å². The minimum absolute atomic E-state index is 0.0258. The second kappa shape index (κ2) is 6.16. The van der Waals surface area contributed by atoms with E-state index in [-0.39, 0.29) is 16.9 Å². The van der Waals surface area contributed by atoms with Crippen molar-refractivity contribution in [3.63, 3.8) is 0 Å². The lowest BCUT2D eigenvalue weighted by atomic mass is 10.1. The number of rotatable bonds is 3. The topological polar surface area (TPSA) is 66.9 Å². The summed E-state index contributed by atoms with van der Waals surface area (Å²) < 4.78 is 27.0. The highest BCUT2D eigenvalue weighted by molar-refractivity contribution is 9.10. The number of nitrogen functional groups attached to an aromatic ring is 1. The van der Waals surface area contributed by atoms with Gasteiger partial charge >= 0.3 is 0 Å². The zero-order chi connectivity index (χ0) is 14.7. The maximum absolute atomic E-state index is 13.9. The average Bonchev–Trinajstić information content (AvgIpc) is 2.43. The lowest BCUT2D eigenvalue weighted by molar-refractivity contribution is 0.611. The van der Waals surface area contributed by atoms with Crippen molar-refractivity contribution >= 4 is 32.4 Å². The Labute approximate surface area is 126 Å². The van der Waals surface area contributed by atoms with Crippen molar-refractivity contribution in [1.82, 2.24) is 0 Å². The highest BCUT2D eigenvalue weighted by atomic mass is 79.9. The minimum atomic E-state index is -1.48. The average molecular weight is 353 g/mol. The van der Waals surface area contributed by atoms with Crippen molar-refractivity contribution < 1.29 is 8.60 Å². The molecule has 3 nitrogen and oxygen atoms in total. The van der Waals surface area contributed by atoms with Crippen LogP contribution in [0.4, 0.5) is 10.1 Å². The van der Waals surface area contributed by atoms with E-state index in [2.05, 4.69) is 15.9 Å². The SMILES string of the molecule is N#Cc1cccc(CS(=O)c2cc(Br)ccc2N)c1F. The number of nitriles is 1. The van der Waals surface area contributed by atoms with Gasteiger partial charge in [0, 0.05) is 15.7 Å². The normalized spacial score (nSPS) is 11.8. The maximum atomic E-state index is 13.9. The van der Waals surface area contributed by atoms with Gasteiger partial charge in [-0.25, -0.2) is 4.39 Å². The zero-order valence-electron chi connectivity index (χ0n) is 10.3. The van der Waals surface area contributed by atoms with E-state index in [4.69, 9.17) is 11.0 Å². The Balaban J connectivity index is 2.33. The van der Waals surface area contributed by atoms with Crippen molar-refractivity contribution in [2.75, 3.05) is 5.73 Å². The molecule has 2 rings (SSSR count). The summed E-state index contributed by atoms with van der Waals surface area (Å²) in [7, 11) is -1.48.